The summed E-state index contributed by atoms with van der Waals surface area (Å²) in [4.78, 5) is 0.167. The van der Waals surface area contributed by atoms with E-state index < -0.39 is 5.79 Å². The van der Waals surface area contributed by atoms with Gasteiger partial charge in [-0.1, -0.05) is 15.9 Å². The Balaban J connectivity index is 2.14. The molecule has 2 fully saturated rings. The van der Waals surface area contributed by atoms with Gasteiger partial charge in [-0.05, 0) is 13.8 Å². The Bertz CT molecular complexity index is 221. The zero-order valence-electron chi connectivity index (χ0n) is 8.53. The van der Waals surface area contributed by atoms with Gasteiger partial charge in [0.1, 0.15) is 12.2 Å². The molecule has 4 atom stereocenters. The lowest BCUT2D eigenvalue weighted by Gasteiger charge is -2.33. The molecule has 2 saturated heterocycles. The van der Waals surface area contributed by atoms with Gasteiger partial charge in [0.15, 0.2) is 12.1 Å². The van der Waals surface area contributed by atoms with Crippen molar-refractivity contribution in [2.75, 3.05) is 13.7 Å². The van der Waals surface area contributed by atoms with Crippen LogP contribution in [0.15, 0.2) is 0 Å². The lowest BCUT2D eigenvalue weighted by molar-refractivity contribution is -0.217. The van der Waals surface area contributed by atoms with Gasteiger partial charge in [0.2, 0.25) is 0 Å². The summed E-state index contributed by atoms with van der Waals surface area (Å²) in [6.07, 6.45) is -0.465. The molecule has 0 aromatic heterocycles. The third kappa shape index (κ3) is 1.84. The highest BCUT2D eigenvalue weighted by molar-refractivity contribution is 9.09. The van der Waals surface area contributed by atoms with Gasteiger partial charge in [-0.25, -0.2) is 0 Å². The van der Waals surface area contributed by atoms with Gasteiger partial charge in [0.05, 0.1) is 11.4 Å². The van der Waals surface area contributed by atoms with Gasteiger partial charge in [0.25, 0.3) is 0 Å². The topological polar surface area (TPSA) is 36.9 Å². The van der Waals surface area contributed by atoms with E-state index >= 15 is 0 Å². The van der Waals surface area contributed by atoms with Crippen molar-refractivity contribution in [2.24, 2.45) is 0 Å². The molecular formula is C9H15BrO4. The van der Waals surface area contributed by atoms with Crippen LogP contribution in [0.4, 0.5) is 0 Å². The van der Waals surface area contributed by atoms with E-state index in [1.165, 1.54) is 0 Å². The van der Waals surface area contributed by atoms with E-state index in [9.17, 15) is 0 Å². The van der Waals surface area contributed by atoms with Crippen LogP contribution in [0.1, 0.15) is 13.8 Å². The summed E-state index contributed by atoms with van der Waals surface area (Å²) in [5.74, 6) is -0.550. The van der Waals surface area contributed by atoms with Crippen LogP contribution in [0, 0.1) is 0 Å². The average Bonchev–Trinajstić information content (AvgIpc) is 2.42. The first-order valence-electron chi connectivity index (χ1n) is 4.67. The maximum Gasteiger partial charge on any atom is 0.186 e. The minimum Gasteiger partial charge on any atom is -0.353 e. The van der Waals surface area contributed by atoms with Crippen molar-refractivity contribution in [3.63, 3.8) is 0 Å². The summed E-state index contributed by atoms with van der Waals surface area (Å²) in [6, 6.07) is 0. The van der Waals surface area contributed by atoms with Crippen LogP contribution in [0.2, 0.25) is 0 Å². The van der Waals surface area contributed by atoms with Crippen LogP contribution in [-0.2, 0) is 18.9 Å². The van der Waals surface area contributed by atoms with Gasteiger partial charge >= 0.3 is 0 Å². The molecule has 2 heterocycles. The molecule has 4 nitrogen and oxygen atoms in total. The summed E-state index contributed by atoms with van der Waals surface area (Å²) in [5, 5.41) is 0. The number of alkyl halides is 1. The zero-order valence-corrected chi connectivity index (χ0v) is 10.1. The fourth-order valence-corrected chi connectivity index (χ4v) is 2.45. The van der Waals surface area contributed by atoms with Crippen molar-refractivity contribution >= 4 is 15.9 Å². The smallest absolute Gasteiger partial charge is 0.186 e. The molecule has 0 N–H and O–H groups in total. The maximum atomic E-state index is 5.77. The van der Waals surface area contributed by atoms with Crippen molar-refractivity contribution in [2.45, 2.75) is 43.0 Å². The molecule has 5 heteroatoms. The highest BCUT2D eigenvalue weighted by Gasteiger charge is 2.51. The molecule has 14 heavy (non-hydrogen) atoms. The Hall–Kier alpha value is 0.320. The van der Waals surface area contributed by atoms with Crippen LogP contribution < -0.4 is 0 Å². The van der Waals surface area contributed by atoms with Crippen molar-refractivity contribution in [3.05, 3.63) is 0 Å². The lowest BCUT2D eigenvalue weighted by atomic mass is 10.1. The summed E-state index contributed by atoms with van der Waals surface area (Å²) >= 11 is 3.52. The number of halogens is 1. The van der Waals surface area contributed by atoms with Crippen molar-refractivity contribution in [1.82, 2.24) is 0 Å². The monoisotopic (exact) mass is 266 g/mol. The van der Waals surface area contributed by atoms with E-state index in [2.05, 4.69) is 15.9 Å². The molecule has 2 rings (SSSR count). The first-order valence-corrected chi connectivity index (χ1v) is 5.59. The number of methoxy groups -OCH3 is 1. The van der Waals surface area contributed by atoms with Gasteiger partial charge in [-0.15, -0.1) is 0 Å². The van der Waals surface area contributed by atoms with E-state index in [1.54, 1.807) is 7.11 Å². The van der Waals surface area contributed by atoms with Crippen LogP contribution in [0.25, 0.3) is 0 Å². The second-order valence-electron chi connectivity index (χ2n) is 4.02. The van der Waals surface area contributed by atoms with Gasteiger partial charge < -0.3 is 18.9 Å². The largest absolute Gasteiger partial charge is 0.353 e. The highest BCUT2D eigenvalue weighted by atomic mass is 79.9. The molecule has 0 spiro atoms. The van der Waals surface area contributed by atoms with Crippen LogP contribution >= 0.6 is 15.9 Å². The maximum absolute atomic E-state index is 5.77. The van der Waals surface area contributed by atoms with Gasteiger partial charge in [0, 0.05) is 7.11 Å². The Kier molecular flexibility index (Phi) is 2.87. The zero-order chi connectivity index (χ0) is 10.3. The minimum atomic E-state index is -0.550. The van der Waals surface area contributed by atoms with E-state index in [-0.39, 0.29) is 23.3 Å². The number of rotatable bonds is 1. The molecule has 0 aromatic rings. The SMILES string of the molecule is COC1OC[C@@H](Br)C2OC(C)(C)OC12. The summed E-state index contributed by atoms with van der Waals surface area (Å²) in [7, 11) is 1.62. The Morgan fingerprint density at radius 1 is 1.29 bits per heavy atom. The molecule has 2 aliphatic heterocycles. The molecule has 0 radical (unpaired) electrons. The molecule has 0 aliphatic carbocycles. The van der Waals surface area contributed by atoms with Crippen LogP contribution in [-0.4, -0.2) is 42.8 Å². The van der Waals surface area contributed by atoms with Crippen LogP contribution in [0.5, 0.6) is 0 Å². The Morgan fingerprint density at radius 2 is 1.93 bits per heavy atom. The second-order valence-corrected chi connectivity index (χ2v) is 5.19. The first kappa shape index (κ1) is 10.8. The van der Waals surface area contributed by atoms with Crippen LogP contribution in [0.3, 0.4) is 0 Å². The molecule has 0 bridgehead atoms. The number of hydrogen-bond acceptors (Lipinski definition) is 4. The molecule has 82 valence electrons. The van der Waals surface area contributed by atoms with E-state index in [0.29, 0.717) is 6.61 Å². The third-order valence-electron chi connectivity index (χ3n) is 2.44. The lowest BCUT2D eigenvalue weighted by Crippen LogP contribution is -2.49. The normalized spacial score (nSPS) is 46.3. The molecule has 0 aromatic carbocycles. The predicted octanol–water partition coefficient (Wildman–Crippen LogP) is 1.27. The number of ether oxygens (including phenoxy) is 4. The standard InChI is InChI=1S/C9H15BrO4/c1-9(2)13-6-5(10)4-12-8(11-3)7(6)14-9/h5-8H,4H2,1-3H3/t5-,6?,7?,8?/m1/s1. The quantitative estimate of drug-likeness (QED) is 0.670. The predicted molar refractivity (Wildman–Crippen MR) is 53.3 cm³/mol. The molecule has 0 saturated carbocycles. The molecule has 3 unspecified atom stereocenters. The molecular weight excluding hydrogens is 252 g/mol. The highest BCUT2D eigenvalue weighted by Crippen LogP contribution is 2.37. The van der Waals surface area contributed by atoms with Crippen molar-refractivity contribution in [3.8, 4) is 0 Å². The number of fused-ring (bicyclic) bond motifs is 1. The fraction of sp³-hybridized carbons (Fsp3) is 1.00. The Labute approximate surface area is 92.0 Å². The Morgan fingerprint density at radius 3 is 2.57 bits per heavy atom. The first-order chi connectivity index (χ1) is 6.53. The van der Waals surface area contributed by atoms with Crippen molar-refractivity contribution in [1.29, 1.82) is 0 Å². The van der Waals surface area contributed by atoms with E-state index in [0.717, 1.165) is 0 Å². The summed E-state index contributed by atoms with van der Waals surface area (Å²) in [6.45, 7) is 4.38. The molecule has 2 aliphatic rings. The van der Waals surface area contributed by atoms with E-state index in [1.807, 2.05) is 13.8 Å². The minimum absolute atomic E-state index is 0.00343. The number of hydrogen-bond donors (Lipinski definition) is 0. The average molecular weight is 267 g/mol. The van der Waals surface area contributed by atoms with Crippen molar-refractivity contribution < 1.29 is 18.9 Å². The third-order valence-corrected chi connectivity index (χ3v) is 3.23. The summed E-state index contributed by atoms with van der Waals surface area (Å²) in [5.41, 5.74) is 0. The van der Waals surface area contributed by atoms with Gasteiger partial charge in [-0.2, -0.15) is 0 Å². The fourth-order valence-electron chi connectivity index (χ4n) is 1.89. The second kappa shape index (κ2) is 3.72. The molecule has 0 amide bonds. The van der Waals surface area contributed by atoms with Gasteiger partial charge in [-0.3, -0.25) is 0 Å². The van der Waals surface area contributed by atoms with E-state index in [4.69, 9.17) is 18.9 Å². The summed E-state index contributed by atoms with van der Waals surface area (Å²) < 4.78 is 22.2.